The van der Waals surface area contributed by atoms with Gasteiger partial charge in [-0.25, -0.2) is 4.79 Å². The first kappa shape index (κ1) is 12.5. The van der Waals surface area contributed by atoms with Gasteiger partial charge in [-0.2, -0.15) is 0 Å². The topological polar surface area (TPSA) is 48.7 Å². The third kappa shape index (κ3) is 2.47. The lowest BCUT2D eigenvalue weighted by atomic mass is 10.1. The SMILES string of the molecule is COc1ccc2c(C(=O)OC(C)(C)C)coc2c1. The molecule has 0 aliphatic carbocycles. The Kier molecular flexibility index (Phi) is 3.03. The molecule has 0 aliphatic heterocycles. The average molecular weight is 248 g/mol. The Morgan fingerprint density at radius 1 is 1.28 bits per heavy atom. The summed E-state index contributed by atoms with van der Waals surface area (Å²) in [5.74, 6) is 0.305. The molecule has 1 aromatic carbocycles. The molecule has 0 aliphatic rings. The molecule has 0 spiro atoms. The zero-order valence-corrected chi connectivity index (χ0v) is 10.9. The van der Waals surface area contributed by atoms with Crippen LogP contribution in [0.3, 0.4) is 0 Å². The van der Waals surface area contributed by atoms with Crippen LogP contribution >= 0.6 is 0 Å². The Morgan fingerprint density at radius 3 is 2.61 bits per heavy atom. The summed E-state index contributed by atoms with van der Waals surface area (Å²) >= 11 is 0. The maximum absolute atomic E-state index is 12.0. The maximum atomic E-state index is 12.0. The van der Waals surface area contributed by atoms with Gasteiger partial charge in [0.15, 0.2) is 0 Å². The van der Waals surface area contributed by atoms with E-state index in [1.165, 1.54) is 6.26 Å². The average Bonchev–Trinajstić information content (AvgIpc) is 2.69. The number of rotatable bonds is 2. The number of hydrogen-bond acceptors (Lipinski definition) is 4. The molecular weight excluding hydrogens is 232 g/mol. The van der Waals surface area contributed by atoms with Gasteiger partial charge in [-0.3, -0.25) is 0 Å². The molecule has 0 amide bonds. The molecule has 4 heteroatoms. The van der Waals surface area contributed by atoms with Crippen LogP contribution in [0.25, 0.3) is 11.0 Å². The molecule has 0 saturated heterocycles. The number of carbonyl (C=O) groups excluding carboxylic acids is 1. The van der Waals surface area contributed by atoms with Gasteiger partial charge in [-0.05, 0) is 32.9 Å². The van der Waals surface area contributed by atoms with E-state index in [-0.39, 0.29) is 5.97 Å². The van der Waals surface area contributed by atoms with Crippen molar-refractivity contribution in [3.05, 3.63) is 30.0 Å². The summed E-state index contributed by atoms with van der Waals surface area (Å²) in [5, 5.41) is 0.727. The van der Waals surface area contributed by atoms with Gasteiger partial charge in [0.25, 0.3) is 0 Å². The van der Waals surface area contributed by atoms with Crippen molar-refractivity contribution in [3.63, 3.8) is 0 Å². The molecule has 0 saturated carbocycles. The van der Waals surface area contributed by atoms with Crippen LogP contribution in [-0.2, 0) is 4.74 Å². The van der Waals surface area contributed by atoms with Crippen LogP contribution in [0.2, 0.25) is 0 Å². The fourth-order valence-electron chi connectivity index (χ4n) is 1.63. The van der Waals surface area contributed by atoms with E-state index < -0.39 is 5.60 Å². The standard InChI is InChI=1S/C14H16O4/c1-14(2,3)18-13(15)11-8-17-12-7-9(16-4)5-6-10(11)12/h5-8H,1-4H3. The van der Waals surface area contributed by atoms with Gasteiger partial charge in [-0.1, -0.05) is 0 Å². The summed E-state index contributed by atoms with van der Waals surface area (Å²) in [6.07, 6.45) is 1.41. The first-order valence-corrected chi connectivity index (χ1v) is 5.69. The van der Waals surface area contributed by atoms with E-state index in [9.17, 15) is 4.79 Å². The largest absolute Gasteiger partial charge is 0.497 e. The zero-order chi connectivity index (χ0) is 13.3. The number of ether oxygens (including phenoxy) is 2. The number of furan rings is 1. The lowest BCUT2D eigenvalue weighted by Gasteiger charge is -2.18. The van der Waals surface area contributed by atoms with Crippen LogP contribution in [0.1, 0.15) is 31.1 Å². The Balaban J connectivity index is 2.38. The van der Waals surface area contributed by atoms with E-state index in [0.29, 0.717) is 16.9 Å². The zero-order valence-electron chi connectivity index (χ0n) is 10.9. The Morgan fingerprint density at radius 2 is 2.00 bits per heavy atom. The molecular formula is C14H16O4. The highest BCUT2D eigenvalue weighted by molar-refractivity contribution is 6.03. The number of hydrogen-bond donors (Lipinski definition) is 0. The fourth-order valence-corrected chi connectivity index (χ4v) is 1.63. The Bertz CT molecular complexity index is 575. The van der Waals surface area contributed by atoms with Crippen LogP contribution < -0.4 is 4.74 Å². The third-order valence-corrected chi connectivity index (χ3v) is 2.40. The van der Waals surface area contributed by atoms with E-state index >= 15 is 0 Å². The van der Waals surface area contributed by atoms with Gasteiger partial charge in [0.2, 0.25) is 0 Å². The summed E-state index contributed by atoms with van der Waals surface area (Å²) < 4.78 is 15.8. The normalized spacial score (nSPS) is 11.6. The maximum Gasteiger partial charge on any atom is 0.342 e. The molecule has 1 aromatic heterocycles. The van der Waals surface area contributed by atoms with Crippen molar-refractivity contribution < 1.29 is 18.7 Å². The highest BCUT2D eigenvalue weighted by Gasteiger charge is 2.21. The molecule has 1 heterocycles. The smallest absolute Gasteiger partial charge is 0.342 e. The van der Waals surface area contributed by atoms with Gasteiger partial charge in [-0.15, -0.1) is 0 Å². The molecule has 18 heavy (non-hydrogen) atoms. The molecule has 0 fully saturated rings. The second-order valence-electron chi connectivity index (χ2n) is 5.01. The van der Waals surface area contributed by atoms with Crippen molar-refractivity contribution in [3.8, 4) is 5.75 Å². The molecule has 4 nitrogen and oxygen atoms in total. The second kappa shape index (κ2) is 4.37. The highest BCUT2D eigenvalue weighted by atomic mass is 16.6. The molecule has 0 unspecified atom stereocenters. The van der Waals surface area contributed by atoms with Gasteiger partial charge >= 0.3 is 5.97 Å². The van der Waals surface area contributed by atoms with Crippen LogP contribution in [0.5, 0.6) is 5.75 Å². The predicted octanol–water partition coefficient (Wildman–Crippen LogP) is 3.40. The molecule has 0 atom stereocenters. The van der Waals surface area contributed by atoms with E-state index in [1.807, 2.05) is 20.8 Å². The Labute approximate surface area is 105 Å². The third-order valence-electron chi connectivity index (χ3n) is 2.40. The monoisotopic (exact) mass is 248 g/mol. The van der Waals surface area contributed by atoms with Crippen molar-refractivity contribution >= 4 is 16.9 Å². The van der Waals surface area contributed by atoms with Gasteiger partial charge in [0.05, 0.1) is 7.11 Å². The van der Waals surface area contributed by atoms with Gasteiger partial charge in [0, 0.05) is 11.5 Å². The van der Waals surface area contributed by atoms with E-state index in [2.05, 4.69) is 0 Å². The van der Waals surface area contributed by atoms with Gasteiger partial charge in [0.1, 0.15) is 28.8 Å². The second-order valence-corrected chi connectivity index (χ2v) is 5.01. The van der Waals surface area contributed by atoms with Crippen molar-refractivity contribution in [2.75, 3.05) is 7.11 Å². The Hall–Kier alpha value is -1.97. The fraction of sp³-hybridized carbons (Fsp3) is 0.357. The molecule has 2 rings (SSSR count). The summed E-state index contributed by atoms with van der Waals surface area (Å²) in [6.45, 7) is 5.49. The first-order chi connectivity index (χ1) is 8.40. The number of methoxy groups -OCH3 is 1. The van der Waals surface area contributed by atoms with Crippen LogP contribution in [0, 0.1) is 0 Å². The minimum atomic E-state index is -0.521. The lowest BCUT2D eigenvalue weighted by Crippen LogP contribution is -2.23. The number of benzene rings is 1. The van der Waals surface area contributed by atoms with Crippen molar-refractivity contribution in [2.45, 2.75) is 26.4 Å². The van der Waals surface area contributed by atoms with Crippen LogP contribution in [0.4, 0.5) is 0 Å². The lowest BCUT2D eigenvalue weighted by molar-refractivity contribution is 0.00709. The summed E-state index contributed by atoms with van der Waals surface area (Å²) in [5.41, 5.74) is 0.519. The van der Waals surface area contributed by atoms with E-state index in [1.54, 1.807) is 25.3 Å². The minimum absolute atomic E-state index is 0.383. The van der Waals surface area contributed by atoms with Crippen LogP contribution in [-0.4, -0.2) is 18.7 Å². The minimum Gasteiger partial charge on any atom is -0.497 e. The quantitative estimate of drug-likeness (QED) is 0.764. The molecule has 0 bridgehead atoms. The van der Waals surface area contributed by atoms with E-state index in [4.69, 9.17) is 13.9 Å². The van der Waals surface area contributed by atoms with Crippen LogP contribution in [0.15, 0.2) is 28.9 Å². The summed E-state index contributed by atoms with van der Waals surface area (Å²) in [6, 6.07) is 5.31. The number of carbonyl (C=O) groups is 1. The molecule has 0 radical (unpaired) electrons. The summed E-state index contributed by atoms with van der Waals surface area (Å²) in [7, 11) is 1.58. The first-order valence-electron chi connectivity index (χ1n) is 5.69. The predicted molar refractivity (Wildman–Crippen MR) is 67.9 cm³/mol. The van der Waals surface area contributed by atoms with Gasteiger partial charge < -0.3 is 13.9 Å². The number of esters is 1. The molecule has 2 aromatic rings. The number of fused-ring (bicyclic) bond motifs is 1. The van der Waals surface area contributed by atoms with Crippen molar-refractivity contribution in [1.82, 2.24) is 0 Å². The van der Waals surface area contributed by atoms with Crippen molar-refractivity contribution in [1.29, 1.82) is 0 Å². The highest BCUT2D eigenvalue weighted by Crippen LogP contribution is 2.26. The van der Waals surface area contributed by atoms with Crippen molar-refractivity contribution in [2.24, 2.45) is 0 Å². The summed E-state index contributed by atoms with van der Waals surface area (Å²) in [4.78, 5) is 12.0. The van der Waals surface area contributed by atoms with E-state index in [0.717, 1.165) is 5.39 Å². The molecule has 0 N–H and O–H groups in total. The molecule has 96 valence electrons.